The number of ether oxygens (including phenoxy) is 1. The molecule has 0 N–H and O–H groups in total. The highest BCUT2D eigenvalue weighted by Crippen LogP contribution is 2.15. The van der Waals surface area contributed by atoms with Crippen LogP contribution in [0.25, 0.3) is 5.65 Å². The van der Waals surface area contributed by atoms with Crippen LogP contribution >= 0.6 is 11.6 Å². The molecule has 0 aliphatic carbocycles. The van der Waals surface area contributed by atoms with Crippen LogP contribution < -0.4 is 0 Å². The fourth-order valence-corrected chi connectivity index (χ4v) is 3.06. The molecule has 1 saturated heterocycles. The van der Waals surface area contributed by atoms with Gasteiger partial charge in [-0.1, -0.05) is 11.6 Å². The molecule has 3 aromatic rings. The molecule has 0 radical (unpaired) electrons. The number of hydrogen-bond acceptors (Lipinski definition) is 5. The van der Waals surface area contributed by atoms with Crippen LogP contribution in [0.3, 0.4) is 0 Å². The van der Waals surface area contributed by atoms with E-state index in [9.17, 15) is 0 Å². The van der Waals surface area contributed by atoms with E-state index in [1.807, 2.05) is 28.9 Å². The second kappa shape index (κ2) is 6.27. The predicted octanol–water partition coefficient (Wildman–Crippen LogP) is 1.48. The molecular formula is C15H17ClN6O. The molecule has 1 aliphatic rings. The Hall–Kier alpha value is -1.96. The molecule has 4 rings (SSSR count). The molecule has 8 heteroatoms. The van der Waals surface area contributed by atoms with Gasteiger partial charge in [0.25, 0.3) is 0 Å². The highest BCUT2D eigenvalue weighted by molar-refractivity contribution is 6.30. The van der Waals surface area contributed by atoms with Crippen molar-refractivity contribution in [3.63, 3.8) is 0 Å². The summed E-state index contributed by atoms with van der Waals surface area (Å²) >= 11 is 6.02. The third-order valence-corrected chi connectivity index (χ3v) is 4.15. The van der Waals surface area contributed by atoms with Gasteiger partial charge in [-0.3, -0.25) is 9.58 Å². The maximum absolute atomic E-state index is 6.02. The molecule has 23 heavy (non-hydrogen) atoms. The first-order valence-electron chi connectivity index (χ1n) is 7.56. The van der Waals surface area contributed by atoms with Crippen LogP contribution in [0.4, 0.5) is 0 Å². The number of rotatable bonds is 4. The molecule has 1 unspecified atom stereocenters. The Morgan fingerprint density at radius 2 is 2.26 bits per heavy atom. The topological polar surface area (TPSA) is 60.5 Å². The number of hydrogen-bond donors (Lipinski definition) is 0. The summed E-state index contributed by atoms with van der Waals surface area (Å²) in [5, 5.41) is 4.84. The summed E-state index contributed by atoms with van der Waals surface area (Å²) in [6, 6.07) is 3.79. The van der Waals surface area contributed by atoms with E-state index in [1.165, 1.54) is 0 Å². The maximum Gasteiger partial charge on any atom is 0.137 e. The third kappa shape index (κ3) is 3.36. The lowest BCUT2D eigenvalue weighted by Gasteiger charge is -2.32. The van der Waals surface area contributed by atoms with Crippen LogP contribution in [0.1, 0.15) is 5.69 Å². The van der Waals surface area contributed by atoms with E-state index in [-0.39, 0.29) is 6.10 Å². The Bertz CT molecular complexity index is 786. The van der Waals surface area contributed by atoms with Gasteiger partial charge in [0.2, 0.25) is 0 Å². The number of nitrogens with zero attached hydrogens (tertiary/aromatic N) is 6. The molecule has 0 aromatic carbocycles. The van der Waals surface area contributed by atoms with E-state index in [0.29, 0.717) is 5.02 Å². The molecule has 7 nitrogen and oxygen atoms in total. The van der Waals surface area contributed by atoms with Crippen molar-refractivity contribution in [3.8, 4) is 0 Å². The van der Waals surface area contributed by atoms with Crippen molar-refractivity contribution in [2.45, 2.75) is 19.2 Å². The molecule has 0 saturated carbocycles. The number of fused-ring (bicyclic) bond motifs is 1. The monoisotopic (exact) mass is 332 g/mol. The number of aromatic nitrogens is 5. The summed E-state index contributed by atoms with van der Waals surface area (Å²) in [6.45, 7) is 4.00. The summed E-state index contributed by atoms with van der Waals surface area (Å²) < 4.78 is 9.59. The molecule has 1 aliphatic heterocycles. The Labute approximate surface area is 138 Å². The van der Waals surface area contributed by atoms with Crippen LogP contribution in [0, 0.1) is 0 Å². The summed E-state index contributed by atoms with van der Waals surface area (Å²) in [4.78, 5) is 11.0. The smallest absolute Gasteiger partial charge is 0.137 e. The first kappa shape index (κ1) is 14.6. The minimum absolute atomic E-state index is 0.122. The Kier molecular flexibility index (Phi) is 3.99. The van der Waals surface area contributed by atoms with Crippen molar-refractivity contribution in [1.82, 2.24) is 29.0 Å². The zero-order valence-corrected chi connectivity index (χ0v) is 13.3. The van der Waals surface area contributed by atoms with E-state index in [4.69, 9.17) is 16.3 Å². The fraction of sp³-hybridized carbons (Fsp3) is 0.400. The Morgan fingerprint density at radius 1 is 1.30 bits per heavy atom. The second-order valence-electron chi connectivity index (χ2n) is 5.69. The van der Waals surface area contributed by atoms with Crippen LogP contribution in [0.5, 0.6) is 0 Å². The molecule has 0 amide bonds. The van der Waals surface area contributed by atoms with Crippen molar-refractivity contribution in [3.05, 3.63) is 47.9 Å². The largest absolute Gasteiger partial charge is 0.374 e. The van der Waals surface area contributed by atoms with Gasteiger partial charge in [-0.2, -0.15) is 5.10 Å². The van der Waals surface area contributed by atoms with Crippen LogP contribution in [0.2, 0.25) is 5.02 Å². The molecule has 120 valence electrons. The zero-order valence-electron chi connectivity index (χ0n) is 12.5. The SMILES string of the molecule is Clc1ccc2nc(CN3CCOC(Cn4cncn4)C3)cn2c1. The van der Waals surface area contributed by atoms with Crippen molar-refractivity contribution in [2.75, 3.05) is 19.7 Å². The molecule has 1 atom stereocenters. The van der Waals surface area contributed by atoms with Gasteiger partial charge in [-0.15, -0.1) is 0 Å². The molecule has 1 fully saturated rings. The Balaban J connectivity index is 1.42. The van der Waals surface area contributed by atoms with E-state index >= 15 is 0 Å². The van der Waals surface area contributed by atoms with E-state index in [2.05, 4.69) is 20.0 Å². The number of imidazole rings is 1. The van der Waals surface area contributed by atoms with Crippen molar-refractivity contribution < 1.29 is 4.74 Å². The summed E-state index contributed by atoms with van der Waals surface area (Å²) in [5.41, 5.74) is 1.95. The quantitative estimate of drug-likeness (QED) is 0.724. The highest BCUT2D eigenvalue weighted by Gasteiger charge is 2.21. The average Bonchev–Trinajstić information content (AvgIpc) is 3.16. The van der Waals surface area contributed by atoms with E-state index in [0.717, 1.165) is 44.1 Å². The zero-order chi connectivity index (χ0) is 15.6. The lowest BCUT2D eigenvalue weighted by atomic mass is 10.2. The lowest BCUT2D eigenvalue weighted by Crippen LogP contribution is -2.43. The van der Waals surface area contributed by atoms with Gasteiger partial charge in [0.1, 0.15) is 18.3 Å². The predicted molar refractivity (Wildman–Crippen MR) is 85.2 cm³/mol. The molecule has 3 aromatic heterocycles. The van der Waals surface area contributed by atoms with Gasteiger partial charge in [0.05, 0.1) is 30.0 Å². The summed E-state index contributed by atoms with van der Waals surface area (Å²) in [5.74, 6) is 0. The minimum atomic E-state index is 0.122. The molecule has 4 heterocycles. The first-order chi connectivity index (χ1) is 11.3. The lowest BCUT2D eigenvalue weighted by molar-refractivity contribution is -0.0405. The van der Waals surface area contributed by atoms with Crippen molar-refractivity contribution >= 4 is 17.2 Å². The number of morpholine rings is 1. The van der Waals surface area contributed by atoms with Gasteiger partial charge in [0.15, 0.2) is 0 Å². The first-order valence-corrected chi connectivity index (χ1v) is 7.93. The maximum atomic E-state index is 6.02. The number of pyridine rings is 1. The van der Waals surface area contributed by atoms with Crippen LogP contribution in [-0.4, -0.2) is 54.8 Å². The third-order valence-electron chi connectivity index (χ3n) is 3.93. The summed E-state index contributed by atoms with van der Waals surface area (Å²) in [6.07, 6.45) is 7.29. The highest BCUT2D eigenvalue weighted by atomic mass is 35.5. The van der Waals surface area contributed by atoms with Gasteiger partial charge in [-0.05, 0) is 12.1 Å². The van der Waals surface area contributed by atoms with Gasteiger partial charge in [-0.25, -0.2) is 9.97 Å². The average molecular weight is 333 g/mol. The summed E-state index contributed by atoms with van der Waals surface area (Å²) in [7, 11) is 0. The number of halogens is 1. The second-order valence-corrected chi connectivity index (χ2v) is 6.13. The standard InChI is InChI=1S/C15H17ClN6O/c16-12-1-2-15-19-13(7-21(15)5-12)6-20-3-4-23-14(8-20)9-22-11-17-10-18-22/h1-2,5,7,10-11,14H,3-4,6,8-9H2. The van der Waals surface area contributed by atoms with E-state index in [1.54, 1.807) is 17.3 Å². The molecular weight excluding hydrogens is 316 g/mol. The van der Waals surface area contributed by atoms with Gasteiger partial charge >= 0.3 is 0 Å². The Morgan fingerprint density at radius 3 is 3.13 bits per heavy atom. The van der Waals surface area contributed by atoms with Crippen molar-refractivity contribution in [1.29, 1.82) is 0 Å². The minimum Gasteiger partial charge on any atom is -0.374 e. The van der Waals surface area contributed by atoms with Gasteiger partial charge in [0, 0.05) is 32.0 Å². The van der Waals surface area contributed by atoms with E-state index < -0.39 is 0 Å². The van der Waals surface area contributed by atoms with Gasteiger partial charge < -0.3 is 9.14 Å². The normalized spacial score (nSPS) is 19.4. The van der Waals surface area contributed by atoms with Crippen LogP contribution in [0.15, 0.2) is 37.2 Å². The molecule has 0 spiro atoms. The van der Waals surface area contributed by atoms with Crippen molar-refractivity contribution in [2.24, 2.45) is 0 Å². The van der Waals surface area contributed by atoms with Crippen LogP contribution in [-0.2, 0) is 17.8 Å². The molecule has 0 bridgehead atoms. The fourth-order valence-electron chi connectivity index (χ4n) is 2.89.